The maximum Gasteiger partial charge on any atom is 0.256 e. The lowest BCUT2D eigenvalue weighted by Crippen LogP contribution is -2.15. The van der Waals surface area contributed by atoms with Gasteiger partial charge in [0.25, 0.3) is 5.91 Å². The third kappa shape index (κ3) is 3.96. The fourth-order valence-electron chi connectivity index (χ4n) is 3.90. The number of pyridine rings is 1. The first-order chi connectivity index (χ1) is 14.8. The van der Waals surface area contributed by atoms with Crippen LogP contribution < -0.4 is 14.8 Å². The molecule has 4 rings (SSSR count). The zero-order chi connectivity index (χ0) is 22.3. The smallest absolute Gasteiger partial charge is 0.256 e. The molecule has 0 aliphatic carbocycles. The number of carbonyl (C=O) groups excluding carboxylic acids is 1. The quantitative estimate of drug-likeness (QED) is 0.597. The molecule has 1 aliphatic rings. The van der Waals surface area contributed by atoms with E-state index in [9.17, 15) is 4.79 Å². The molecular formula is C24H30N4O3. The number of hydrogen-bond donors (Lipinski definition) is 1. The van der Waals surface area contributed by atoms with Gasteiger partial charge in [-0.2, -0.15) is 5.10 Å². The second-order valence-corrected chi connectivity index (χ2v) is 8.65. The fourth-order valence-corrected chi connectivity index (χ4v) is 3.90. The lowest BCUT2D eigenvalue weighted by atomic mass is 10.0. The van der Waals surface area contributed by atoms with Crippen molar-refractivity contribution in [2.75, 3.05) is 11.9 Å². The van der Waals surface area contributed by atoms with Crippen LogP contribution in [0.3, 0.4) is 0 Å². The van der Waals surface area contributed by atoms with Crippen LogP contribution in [0.4, 0.5) is 5.69 Å². The van der Waals surface area contributed by atoms with Gasteiger partial charge >= 0.3 is 0 Å². The summed E-state index contributed by atoms with van der Waals surface area (Å²) in [5, 5.41) is 8.26. The van der Waals surface area contributed by atoms with Crippen molar-refractivity contribution in [1.82, 2.24) is 14.8 Å². The minimum Gasteiger partial charge on any atom is -0.492 e. The molecule has 31 heavy (non-hydrogen) atoms. The van der Waals surface area contributed by atoms with Crippen LogP contribution in [0.1, 0.15) is 75.1 Å². The molecule has 1 N–H and O–H groups in total. The number of nitrogens with zero attached hydrogens (tertiary/aromatic N) is 3. The minimum absolute atomic E-state index is 0.116. The van der Waals surface area contributed by atoms with Crippen LogP contribution in [0.2, 0.25) is 0 Å². The summed E-state index contributed by atoms with van der Waals surface area (Å²) in [6.45, 7) is 12.7. The number of carbonyl (C=O) groups is 1. The highest BCUT2D eigenvalue weighted by Gasteiger charge is 2.24. The van der Waals surface area contributed by atoms with E-state index in [0.717, 1.165) is 34.5 Å². The van der Waals surface area contributed by atoms with E-state index in [-0.39, 0.29) is 24.0 Å². The van der Waals surface area contributed by atoms with Gasteiger partial charge in [-0.25, -0.2) is 9.67 Å². The Labute approximate surface area is 182 Å². The first kappa shape index (κ1) is 21.2. The second kappa shape index (κ2) is 8.21. The molecule has 7 nitrogen and oxygen atoms in total. The van der Waals surface area contributed by atoms with Gasteiger partial charge < -0.3 is 14.8 Å². The Morgan fingerprint density at radius 2 is 2.06 bits per heavy atom. The van der Waals surface area contributed by atoms with Crippen molar-refractivity contribution in [2.24, 2.45) is 0 Å². The fraction of sp³-hybridized carbons (Fsp3) is 0.458. The number of ether oxygens (including phenoxy) is 2. The molecule has 7 heteroatoms. The first-order valence-corrected chi connectivity index (χ1v) is 10.9. The van der Waals surface area contributed by atoms with Crippen molar-refractivity contribution in [3.63, 3.8) is 0 Å². The summed E-state index contributed by atoms with van der Waals surface area (Å²) in [5.41, 5.74) is 3.84. The van der Waals surface area contributed by atoms with E-state index in [0.29, 0.717) is 23.6 Å². The zero-order valence-electron chi connectivity index (χ0n) is 19.0. The summed E-state index contributed by atoms with van der Waals surface area (Å²) in [5.74, 6) is 1.41. The van der Waals surface area contributed by atoms with Gasteiger partial charge in [0.2, 0.25) is 0 Å². The lowest BCUT2D eigenvalue weighted by Gasteiger charge is -2.15. The average molecular weight is 423 g/mol. The van der Waals surface area contributed by atoms with Gasteiger partial charge in [-0.15, -0.1) is 0 Å². The van der Waals surface area contributed by atoms with Crippen LogP contribution in [0.15, 0.2) is 24.4 Å². The van der Waals surface area contributed by atoms with E-state index in [1.807, 2.05) is 36.7 Å². The number of fused-ring (bicyclic) bond motifs is 2. The van der Waals surface area contributed by atoms with Crippen molar-refractivity contribution in [3.8, 4) is 11.5 Å². The summed E-state index contributed by atoms with van der Waals surface area (Å²) < 4.78 is 13.6. The van der Waals surface area contributed by atoms with E-state index >= 15 is 0 Å². The Hall–Kier alpha value is -3.09. The van der Waals surface area contributed by atoms with E-state index in [2.05, 4.69) is 38.1 Å². The van der Waals surface area contributed by atoms with E-state index in [1.165, 1.54) is 0 Å². The molecule has 1 atom stereocenters. The first-order valence-electron chi connectivity index (χ1n) is 10.9. The number of anilines is 1. The third-order valence-electron chi connectivity index (χ3n) is 5.46. The topological polar surface area (TPSA) is 78.3 Å². The minimum atomic E-state index is -0.218. The standard InChI is InChI=1S/C24H30N4O3/c1-7-30-22-9-16-8-15(6)31-21(16)11-20(22)27-24(29)17-10-19(13(2)3)26-23-18(17)12-25-28(23)14(4)5/h9-15H,7-8H2,1-6H3,(H,27,29). The number of amides is 1. The Morgan fingerprint density at radius 1 is 1.29 bits per heavy atom. The van der Waals surface area contributed by atoms with Crippen LogP contribution >= 0.6 is 0 Å². The summed E-state index contributed by atoms with van der Waals surface area (Å²) in [6.07, 6.45) is 2.67. The summed E-state index contributed by atoms with van der Waals surface area (Å²) in [4.78, 5) is 18.2. The molecular weight excluding hydrogens is 392 g/mol. The summed E-state index contributed by atoms with van der Waals surface area (Å²) in [7, 11) is 0. The second-order valence-electron chi connectivity index (χ2n) is 8.65. The van der Waals surface area contributed by atoms with Crippen molar-refractivity contribution in [3.05, 3.63) is 41.2 Å². The normalized spacial score (nSPS) is 15.4. The van der Waals surface area contributed by atoms with Gasteiger partial charge in [-0.05, 0) is 45.7 Å². The van der Waals surface area contributed by atoms with E-state index in [1.54, 1.807) is 6.20 Å². The molecule has 3 aromatic rings. The van der Waals surface area contributed by atoms with Gasteiger partial charge in [0.1, 0.15) is 17.6 Å². The van der Waals surface area contributed by atoms with Crippen LogP contribution in [0.5, 0.6) is 11.5 Å². The molecule has 164 valence electrons. The number of rotatable bonds is 6. The van der Waals surface area contributed by atoms with Crippen molar-refractivity contribution in [1.29, 1.82) is 0 Å². The molecule has 0 fully saturated rings. The monoisotopic (exact) mass is 422 g/mol. The maximum absolute atomic E-state index is 13.4. The largest absolute Gasteiger partial charge is 0.492 e. The number of benzene rings is 1. The highest BCUT2D eigenvalue weighted by atomic mass is 16.5. The van der Waals surface area contributed by atoms with Crippen LogP contribution in [0.25, 0.3) is 11.0 Å². The van der Waals surface area contributed by atoms with Gasteiger partial charge in [0.05, 0.1) is 29.4 Å². The van der Waals surface area contributed by atoms with Crippen LogP contribution in [0, 0.1) is 0 Å². The third-order valence-corrected chi connectivity index (χ3v) is 5.46. The Kier molecular flexibility index (Phi) is 5.60. The molecule has 0 saturated carbocycles. The zero-order valence-corrected chi connectivity index (χ0v) is 19.0. The van der Waals surface area contributed by atoms with E-state index in [4.69, 9.17) is 14.5 Å². The number of nitrogens with one attached hydrogen (secondary N) is 1. The van der Waals surface area contributed by atoms with Crippen LogP contribution in [-0.2, 0) is 6.42 Å². The van der Waals surface area contributed by atoms with Gasteiger partial charge in [-0.1, -0.05) is 13.8 Å². The molecule has 3 heterocycles. The molecule has 1 amide bonds. The van der Waals surface area contributed by atoms with Gasteiger partial charge in [-0.3, -0.25) is 4.79 Å². The Morgan fingerprint density at radius 3 is 2.74 bits per heavy atom. The van der Waals surface area contributed by atoms with Crippen LogP contribution in [-0.4, -0.2) is 33.4 Å². The molecule has 1 aliphatic heterocycles. The molecule has 0 spiro atoms. The molecule has 1 unspecified atom stereocenters. The van der Waals surface area contributed by atoms with Gasteiger partial charge in [0, 0.05) is 29.8 Å². The van der Waals surface area contributed by atoms with Crippen molar-refractivity contribution in [2.45, 2.75) is 66.0 Å². The average Bonchev–Trinajstić information content (AvgIpc) is 3.29. The van der Waals surface area contributed by atoms with E-state index < -0.39 is 0 Å². The molecule has 1 aromatic carbocycles. The summed E-state index contributed by atoms with van der Waals surface area (Å²) in [6, 6.07) is 5.84. The Balaban J connectivity index is 1.76. The SMILES string of the molecule is CCOc1cc2c(cc1NC(=O)c1cc(C(C)C)nc3c1cnn3C(C)C)OC(C)C2. The van der Waals surface area contributed by atoms with Gasteiger partial charge in [0.15, 0.2) is 5.65 Å². The molecule has 0 radical (unpaired) electrons. The number of hydrogen-bond acceptors (Lipinski definition) is 5. The lowest BCUT2D eigenvalue weighted by molar-refractivity contribution is 0.102. The molecule has 0 bridgehead atoms. The molecule has 2 aromatic heterocycles. The van der Waals surface area contributed by atoms with Crippen molar-refractivity contribution >= 4 is 22.6 Å². The summed E-state index contributed by atoms with van der Waals surface area (Å²) >= 11 is 0. The Bertz CT molecular complexity index is 1130. The van der Waals surface area contributed by atoms with Crippen molar-refractivity contribution < 1.29 is 14.3 Å². The number of aromatic nitrogens is 3. The highest BCUT2D eigenvalue weighted by molar-refractivity contribution is 6.12. The predicted molar refractivity (Wildman–Crippen MR) is 121 cm³/mol. The predicted octanol–water partition coefficient (Wildman–Crippen LogP) is 5.11. The highest BCUT2D eigenvalue weighted by Crippen LogP contribution is 2.38. The molecule has 0 saturated heterocycles. The maximum atomic E-state index is 13.4.